The van der Waals surface area contributed by atoms with Crippen LogP contribution >= 0.6 is 0 Å². The van der Waals surface area contributed by atoms with Gasteiger partial charge in [0.15, 0.2) is 9.84 Å². The van der Waals surface area contributed by atoms with E-state index in [0.29, 0.717) is 11.3 Å². The van der Waals surface area contributed by atoms with Gasteiger partial charge >= 0.3 is 0 Å². The molecule has 3 aromatic carbocycles. The summed E-state index contributed by atoms with van der Waals surface area (Å²) in [6.45, 7) is 1.58. The molecule has 0 aromatic heterocycles. The van der Waals surface area contributed by atoms with Crippen LogP contribution in [0.3, 0.4) is 0 Å². The number of benzene rings is 3. The highest BCUT2D eigenvalue weighted by Gasteiger charge is 2.20. The average molecular weight is 505 g/mol. The molecule has 34 heavy (non-hydrogen) atoms. The van der Waals surface area contributed by atoms with Gasteiger partial charge in [-0.3, -0.25) is 9.10 Å². The predicted molar refractivity (Wildman–Crippen MR) is 129 cm³/mol. The first kappa shape index (κ1) is 25.4. The number of nitrogens with one attached hydrogen (secondary N) is 1. The van der Waals surface area contributed by atoms with Crippen molar-refractivity contribution in [2.24, 2.45) is 0 Å². The minimum absolute atomic E-state index is 0.183. The number of sulfonamides is 1. The van der Waals surface area contributed by atoms with Crippen molar-refractivity contribution in [2.75, 3.05) is 16.8 Å². The standard InChI is InChI=1S/C24H25FN2O5S2/c1-17(18-10-14-22(15-11-18)33(2,29)30)26-24(28)19-8-12-21(13-9-19)27(34(3,31)32)16-20-6-4-5-7-23(20)25/h4-15,17H,16H2,1-3H3,(H,26,28). The Kier molecular flexibility index (Phi) is 7.42. The molecule has 1 atom stereocenters. The third-order valence-electron chi connectivity index (χ3n) is 5.25. The number of carbonyl (C=O) groups excluding carboxylic acids is 1. The quantitative estimate of drug-likeness (QED) is 0.504. The normalized spacial score (nSPS) is 12.7. The topological polar surface area (TPSA) is 101 Å². The van der Waals surface area contributed by atoms with E-state index in [2.05, 4.69) is 5.32 Å². The first-order chi connectivity index (χ1) is 15.9. The summed E-state index contributed by atoms with van der Waals surface area (Å²) < 4.78 is 63.0. The van der Waals surface area contributed by atoms with Crippen LogP contribution in [0.15, 0.2) is 77.7 Å². The molecule has 3 aromatic rings. The number of rotatable bonds is 8. The summed E-state index contributed by atoms with van der Waals surface area (Å²) in [5.74, 6) is -0.892. The van der Waals surface area contributed by atoms with E-state index in [1.54, 1.807) is 25.1 Å². The van der Waals surface area contributed by atoms with Crippen LogP contribution in [0.25, 0.3) is 0 Å². The van der Waals surface area contributed by atoms with Crippen molar-refractivity contribution in [1.29, 1.82) is 0 Å². The highest BCUT2D eigenvalue weighted by molar-refractivity contribution is 7.92. The molecule has 0 saturated carbocycles. The summed E-state index contributed by atoms with van der Waals surface area (Å²) in [5, 5.41) is 2.83. The minimum atomic E-state index is -3.71. The zero-order valence-electron chi connectivity index (χ0n) is 18.9. The zero-order chi connectivity index (χ0) is 25.1. The van der Waals surface area contributed by atoms with Crippen molar-refractivity contribution >= 4 is 31.5 Å². The molecule has 10 heteroatoms. The molecule has 0 heterocycles. The van der Waals surface area contributed by atoms with Crippen LogP contribution < -0.4 is 9.62 Å². The first-order valence-corrected chi connectivity index (χ1v) is 14.0. The Balaban J connectivity index is 1.75. The Bertz CT molecular complexity index is 1390. The molecule has 1 amide bonds. The molecule has 0 spiro atoms. The van der Waals surface area contributed by atoms with Crippen LogP contribution in [0, 0.1) is 5.82 Å². The molecular formula is C24H25FN2O5S2. The molecule has 7 nitrogen and oxygen atoms in total. The summed E-state index contributed by atoms with van der Waals surface area (Å²) >= 11 is 0. The molecular weight excluding hydrogens is 479 g/mol. The number of carbonyl (C=O) groups is 1. The monoisotopic (exact) mass is 504 g/mol. The van der Waals surface area contributed by atoms with E-state index in [1.807, 2.05) is 0 Å². The van der Waals surface area contributed by atoms with Crippen molar-refractivity contribution in [3.8, 4) is 0 Å². The van der Waals surface area contributed by atoms with Gasteiger partial charge in [0.05, 0.1) is 29.4 Å². The Labute approximate surface area is 199 Å². The van der Waals surface area contributed by atoms with E-state index >= 15 is 0 Å². The summed E-state index contributed by atoms with van der Waals surface area (Å²) in [6, 6.07) is 17.7. The number of hydrogen-bond acceptors (Lipinski definition) is 5. The molecule has 0 aliphatic heterocycles. The van der Waals surface area contributed by atoms with Gasteiger partial charge in [0.25, 0.3) is 5.91 Å². The fourth-order valence-electron chi connectivity index (χ4n) is 3.33. The van der Waals surface area contributed by atoms with E-state index in [9.17, 15) is 26.0 Å². The predicted octanol–water partition coefficient (Wildman–Crippen LogP) is 3.69. The van der Waals surface area contributed by atoms with Gasteiger partial charge in [-0.25, -0.2) is 21.2 Å². The molecule has 1 N–H and O–H groups in total. The Morgan fingerprint density at radius 1 is 0.912 bits per heavy atom. The second-order valence-corrected chi connectivity index (χ2v) is 11.9. The molecule has 0 aliphatic carbocycles. The number of nitrogens with zero attached hydrogens (tertiary/aromatic N) is 1. The van der Waals surface area contributed by atoms with Crippen molar-refractivity contribution in [3.05, 3.63) is 95.3 Å². The van der Waals surface area contributed by atoms with Gasteiger partial charge in [-0.05, 0) is 55.0 Å². The van der Waals surface area contributed by atoms with Crippen molar-refractivity contribution in [2.45, 2.75) is 24.4 Å². The van der Waals surface area contributed by atoms with Crippen molar-refractivity contribution < 1.29 is 26.0 Å². The van der Waals surface area contributed by atoms with Crippen LogP contribution in [0.5, 0.6) is 0 Å². The Morgan fingerprint density at radius 2 is 1.50 bits per heavy atom. The fraction of sp³-hybridized carbons (Fsp3) is 0.208. The molecule has 0 aliphatic rings. The van der Waals surface area contributed by atoms with E-state index in [4.69, 9.17) is 0 Å². The van der Waals surface area contributed by atoms with Crippen LogP contribution in [0.1, 0.15) is 34.5 Å². The maximum absolute atomic E-state index is 14.1. The van der Waals surface area contributed by atoms with Gasteiger partial charge in [-0.2, -0.15) is 0 Å². The lowest BCUT2D eigenvalue weighted by Gasteiger charge is -2.23. The average Bonchev–Trinajstić information content (AvgIpc) is 2.77. The Morgan fingerprint density at radius 3 is 2.03 bits per heavy atom. The van der Waals surface area contributed by atoms with Crippen LogP contribution in [-0.4, -0.2) is 35.3 Å². The number of amides is 1. The molecule has 1 unspecified atom stereocenters. The van der Waals surface area contributed by atoms with Crippen LogP contribution in [0.4, 0.5) is 10.1 Å². The van der Waals surface area contributed by atoms with Gasteiger partial charge in [0.1, 0.15) is 5.82 Å². The van der Waals surface area contributed by atoms with Crippen molar-refractivity contribution in [1.82, 2.24) is 5.32 Å². The molecule has 0 fully saturated rings. The summed E-state index contributed by atoms with van der Waals surface area (Å²) in [5.41, 5.74) is 1.56. The smallest absolute Gasteiger partial charge is 0.251 e. The third-order valence-corrected chi connectivity index (χ3v) is 7.51. The minimum Gasteiger partial charge on any atom is -0.346 e. The molecule has 0 bridgehead atoms. The SMILES string of the molecule is CC(NC(=O)c1ccc(N(Cc2ccccc2F)S(C)(=O)=O)cc1)c1ccc(S(C)(=O)=O)cc1. The van der Waals surface area contributed by atoms with E-state index in [-0.39, 0.29) is 22.9 Å². The van der Waals surface area contributed by atoms with E-state index in [1.165, 1.54) is 54.6 Å². The second-order valence-electron chi connectivity index (χ2n) is 7.94. The second kappa shape index (κ2) is 9.94. The highest BCUT2D eigenvalue weighted by atomic mass is 32.2. The highest BCUT2D eigenvalue weighted by Crippen LogP contribution is 2.23. The summed E-state index contributed by atoms with van der Waals surface area (Å²) in [6.07, 6.45) is 2.16. The lowest BCUT2D eigenvalue weighted by atomic mass is 10.1. The number of sulfone groups is 1. The number of halogens is 1. The van der Waals surface area contributed by atoms with Crippen LogP contribution in [0.2, 0.25) is 0 Å². The lowest BCUT2D eigenvalue weighted by molar-refractivity contribution is 0.0940. The largest absolute Gasteiger partial charge is 0.346 e. The number of anilines is 1. The van der Waals surface area contributed by atoms with Gasteiger partial charge in [0, 0.05) is 17.4 Å². The maximum atomic E-state index is 14.1. The molecule has 0 radical (unpaired) electrons. The van der Waals surface area contributed by atoms with E-state index < -0.39 is 31.7 Å². The van der Waals surface area contributed by atoms with Gasteiger partial charge in [-0.1, -0.05) is 30.3 Å². The Hall–Kier alpha value is -3.24. The molecule has 0 saturated heterocycles. The van der Waals surface area contributed by atoms with Gasteiger partial charge < -0.3 is 5.32 Å². The maximum Gasteiger partial charge on any atom is 0.251 e. The van der Waals surface area contributed by atoms with Crippen LogP contribution in [-0.2, 0) is 26.4 Å². The van der Waals surface area contributed by atoms with Gasteiger partial charge in [0.2, 0.25) is 10.0 Å². The zero-order valence-corrected chi connectivity index (χ0v) is 20.5. The summed E-state index contributed by atoms with van der Waals surface area (Å²) in [4.78, 5) is 12.9. The first-order valence-electron chi connectivity index (χ1n) is 10.3. The number of hydrogen-bond donors (Lipinski definition) is 1. The summed E-state index contributed by atoms with van der Waals surface area (Å²) in [7, 11) is -7.02. The van der Waals surface area contributed by atoms with Gasteiger partial charge in [-0.15, -0.1) is 0 Å². The lowest BCUT2D eigenvalue weighted by Crippen LogP contribution is -2.30. The van der Waals surface area contributed by atoms with E-state index in [0.717, 1.165) is 22.4 Å². The third kappa shape index (κ3) is 6.21. The van der Waals surface area contributed by atoms with Crippen molar-refractivity contribution in [3.63, 3.8) is 0 Å². The fourth-order valence-corrected chi connectivity index (χ4v) is 4.84. The molecule has 180 valence electrons. The molecule has 3 rings (SSSR count).